The summed E-state index contributed by atoms with van der Waals surface area (Å²) in [6.07, 6.45) is 1.21. The number of carboxylic acid groups (broad SMARTS) is 1. The fraction of sp³-hybridized carbons (Fsp3) is 0.385. The van der Waals surface area contributed by atoms with E-state index in [4.69, 9.17) is 16.7 Å². The lowest BCUT2D eigenvalue weighted by Crippen LogP contribution is -2.37. The number of carbonyl (C=O) groups excluding carboxylic acids is 1. The number of benzene rings is 1. The van der Waals surface area contributed by atoms with E-state index >= 15 is 0 Å². The van der Waals surface area contributed by atoms with Crippen molar-refractivity contribution in [3.63, 3.8) is 0 Å². The third-order valence-electron chi connectivity index (χ3n) is 3.36. The molecule has 102 valence electrons. The van der Waals surface area contributed by atoms with E-state index in [0.717, 1.165) is 5.56 Å². The molecule has 1 fully saturated rings. The van der Waals surface area contributed by atoms with Gasteiger partial charge in [-0.1, -0.05) is 23.7 Å². The fourth-order valence-corrected chi connectivity index (χ4v) is 2.08. The quantitative estimate of drug-likeness (QED) is 0.794. The second-order valence-electron chi connectivity index (χ2n) is 4.82. The number of nitrogens with one attached hydrogen (secondary N) is 2. The Balaban J connectivity index is 1.93. The van der Waals surface area contributed by atoms with E-state index in [9.17, 15) is 9.59 Å². The summed E-state index contributed by atoms with van der Waals surface area (Å²) in [6.45, 7) is 1.97. The van der Waals surface area contributed by atoms with Crippen LogP contribution < -0.4 is 10.6 Å². The minimum atomic E-state index is -0.860. The molecule has 0 saturated heterocycles. The van der Waals surface area contributed by atoms with Crippen molar-refractivity contribution in [2.75, 3.05) is 11.9 Å². The maximum atomic E-state index is 11.7. The zero-order valence-corrected chi connectivity index (χ0v) is 11.3. The Morgan fingerprint density at radius 3 is 2.63 bits per heavy atom. The molecule has 0 spiro atoms. The van der Waals surface area contributed by atoms with Gasteiger partial charge in [0.2, 0.25) is 0 Å². The fourth-order valence-electron chi connectivity index (χ4n) is 1.81. The summed E-state index contributed by atoms with van der Waals surface area (Å²) >= 11 is 5.99. The number of hydrogen-bond donors (Lipinski definition) is 3. The molecule has 0 aliphatic heterocycles. The number of aryl methyl sites for hydroxylation is 1. The Kier molecular flexibility index (Phi) is 3.66. The van der Waals surface area contributed by atoms with Crippen LogP contribution in [0.15, 0.2) is 18.2 Å². The van der Waals surface area contributed by atoms with Crippen LogP contribution in [-0.2, 0) is 4.79 Å². The maximum Gasteiger partial charge on any atom is 0.319 e. The highest BCUT2D eigenvalue weighted by Crippen LogP contribution is 2.45. The van der Waals surface area contributed by atoms with Gasteiger partial charge in [0, 0.05) is 6.54 Å². The molecule has 0 aromatic heterocycles. The second kappa shape index (κ2) is 5.09. The number of para-hydroxylation sites is 1. The first-order valence-corrected chi connectivity index (χ1v) is 6.36. The van der Waals surface area contributed by atoms with Gasteiger partial charge in [-0.05, 0) is 31.4 Å². The molecule has 1 aliphatic rings. The van der Waals surface area contributed by atoms with E-state index in [0.29, 0.717) is 23.6 Å². The SMILES string of the molecule is Cc1cccc(Cl)c1NC(=O)NCC1(C(=O)O)CC1. The molecule has 0 unspecified atom stereocenters. The number of halogens is 1. The summed E-state index contributed by atoms with van der Waals surface area (Å²) in [7, 11) is 0. The summed E-state index contributed by atoms with van der Waals surface area (Å²) in [5.74, 6) is -0.860. The van der Waals surface area contributed by atoms with Crippen molar-refractivity contribution in [3.8, 4) is 0 Å². The number of urea groups is 1. The second-order valence-corrected chi connectivity index (χ2v) is 5.23. The van der Waals surface area contributed by atoms with Crippen molar-refractivity contribution in [1.29, 1.82) is 0 Å². The van der Waals surface area contributed by atoms with Crippen LogP contribution in [0.4, 0.5) is 10.5 Å². The van der Waals surface area contributed by atoms with E-state index in [1.807, 2.05) is 13.0 Å². The first kappa shape index (κ1) is 13.7. The first-order valence-electron chi connectivity index (χ1n) is 5.98. The summed E-state index contributed by atoms with van der Waals surface area (Å²) in [5, 5.41) is 14.7. The van der Waals surface area contributed by atoms with Crippen molar-refractivity contribution in [3.05, 3.63) is 28.8 Å². The number of amides is 2. The van der Waals surface area contributed by atoms with Gasteiger partial charge in [0.05, 0.1) is 16.1 Å². The lowest BCUT2D eigenvalue weighted by molar-refractivity contribution is -0.143. The molecule has 1 aromatic rings. The van der Waals surface area contributed by atoms with Crippen LogP contribution in [0.2, 0.25) is 5.02 Å². The van der Waals surface area contributed by atoms with Crippen molar-refractivity contribution < 1.29 is 14.7 Å². The average molecular weight is 283 g/mol. The van der Waals surface area contributed by atoms with E-state index in [1.165, 1.54) is 0 Å². The van der Waals surface area contributed by atoms with Crippen LogP contribution in [0.1, 0.15) is 18.4 Å². The summed E-state index contributed by atoms with van der Waals surface area (Å²) in [5.41, 5.74) is 0.621. The van der Waals surface area contributed by atoms with E-state index < -0.39 is 17.4 Å². The first-order chi connectivity index (χ1) is 8.94. The molecule has 2 amide bonds. The normalized spacial score (nSPS) is 15.7. The maximum absolute atomic E-state index is 11.7. The molecule has 6 heteroatoms. The van der Waals surface area contributed by atoms with Gasteiger partial charge in [0.15, 0.2) is 0 Å². The lowest BCUT2D eigenvalue weighted by Gasteiger charge is -2.14. The van der Waals surface area contributed by atoms with Crippen LogP contribution in [0, 0.1) is 12.3 Å². The minimum Gasteiger partial charge on any atom is -0.481 e. The van der Waals surface area contributed by atoms with Crippen LogP contribution in [0.3, 0.4) is 0 Å². The zero-order chi connectivity index (χ0) is 14.0. The topological polar surface area (TPSA) is 78.4 Å². The molecule has 0 bridgehead atoms. The number of anilines is 1. The molecule has 19 heavy (non-hydrogen) atoms. The predicted octanol–water partition coefficient (Wildman–Crippen LogP) is 2.63. The third kappa shape index (κ3) is 2.98. The molecule has 3 N–H and O–H groups in total. The predicted molar refractivity (Wildman–Crippen MR) is 72.5 cm³/mol. The minimum absolute atomic E-state index is 0.137. The van der Waals surface area contributed by atoms with Gasteiger partial charge in [-0.25, -0.2) is 4.79 Å². The zero-order valence-electron chi connectivity index (χ0n) is 10.5. The van der Waals surface area contributed by atoms with E-state index in [2.05, 4.69) is 10.6 Å². The molecular formula is C13H15ClN2O3. The highest BCUT2D eigenvalue weighted by molar-refractivity contribution is 6.33. The molecule has 2 rings (SSSR count). The number of hydrogen-bond acceptors (Lipinski definition) is 2. The van der Waals surface area contributed by atoms with Gasteiger partial charge in [0.1, 0.15) is 0 Å². The number of carboxylic acids is 1. The smallest absolute Gasteiger partial charge is 0.319 e. The van der Waals surface area contributed by atoms with Gasteiger partial charge in [0.25, 0.3) is 0 Å². The molecule has 0 radical (unpaired) electrons. The van der Waals surface area contributed by atoms with Gasteiger partial charge in [-0.3, -0.25) is 4.79 Å². The van der Waals surface area contributed by atoms with Crippen LogP contribution in [0.25, 0.3) is 0 Å². The highest BCUT2D eigenvalue weighted by atomic mass is 35.5. The monoisotopic (exact) mass is 282 g/mol. The Morgan fingerprint density at radius 2 is 2.11 bits per heavy atom. The lowest BCUT2D eigenvalue weighted by atomic mass is 10.1. The molecule has 1 aliphatic carbocycles. The van der Waals surface area contributed by atoms with Crippen LogP contribution in [-0.4, -0.2) is 23.7 Å². The Labute approximate surface area is 116 Å². The third-order valence-corrected chi connectivity index (χ3v) is 3.67. The molecule has 0 atom stereocenters. The highest BCUT2D eigenvalue weighted by Gasteiger charge is 2.50. The summed E-state index contributed by atoms with van der Waals surface area (Å²) in [6, 6.07) is 4.87. The molecule has 1 aromatic carbocycles. The largest absolute Gasteiger partial charge is 0.481 e. The standard InChI is InChI=1S/C13H15ClN2O3/c1-8-3-2-4-9(14)10(8)16-12(19)15-7-13(5-6-13)11(17)18/h2-4H,5-7H2,1H3,(H,17,18)(H2,15,16,19). The van der Waals surface area contributed by atoms with Gasteiger partial charge in [-0.15, -0.1) is 0 Å². The van der Waals surface area contributed by atoms with Gasteiger partial charge >= 0.3 is 12.0 Å². The van der Waals surface area contributed by atoms with Crippen molar-refractivity contribution in [1.82, 2.24) is 5.32 Å². The summed E-state index contributed by atoms with van der Waals surface area (Å²) in [4.78, 5) is 22.7. The van der Waals surface area contributed by atoms with E-state index in [-0.39, 0.29) is 6.54 Å². The Morgan fingerprint density at radius 1 is 1.42 bits per heavy atom. The van der Waals surface area contributed by atoms with Crippen molar-refractivity contribution in [2.45, 2.75) is 19.8 Å². The van der Waals surface area contributed by atoms with Gasteiger partial charge < -0.3 is 15.7 Å². The van der Waals surface area contributed by atoms with Gasteiger partial charge in [-0.2, -0.15) is 0 Å². The molecule has 5 nitrogen and oxygen atoms in total. The molecular weight excluding hydrogens is 268 g/mol. The molecule has 1 saturated carbocycles. The van der Waals surface area contributed by atoms with Crippen LogP contribution >= 0.6 is 11.6 Å². The average Bonchev–Trinajstić information content (AvgIpc) is 3.13. The van der Waals surface area contributed by atoms with Crippen molar-refractivity contribution in [2.24, 2.45) is 5.41 Å². The number of aliphatic carboxylic acids is 1. The van der Waals surface area contributed by atoms with Crippen molar-refractivity contribution >= 4 is 29.3 Å². The Bertz CT molecular complexity index is 506. The van der Waals surface area contributed by atoms with E-state index in [1.54, 1.807) is 12.1 Å². The summed E-state index contributed by atoms with van der Waals surface area (Å²) < 4.78 is 0. The Hall–Kier alpha value is -1.75. The number of carbonyl (C=O) groups is 2. The molecule has 0 heterocycles. The number of rotatable bonds is 4. The van der Waals surface area contributed by atoms with Crippen LogP contribution in [0.5, 0.6) is 0 Å².